The van der Waals surface area contributed by atoms with E-state index in [1.54, 1.807) is 6.92 Å². The van der Waals surface area contributed by atoms with Crippen LogP contribution in [0.4, 0.5) is 4.39 Å². The fraction of sp³-hybridized carbons (Fsp3) is 0.615. The number of aliphatic imine (C=N–C) groups is 1. The average Bonchev–Trinajstić information content (AvgIpc) is 2.27. The van der Waals surface area contributed by atoms with Crippen LogP contribution in [0.2, 0.25) is 0 Å². The Bertz CT molecular complexity index is 330. The number of amidine groups is 1. The van der Waals surface area contributed by atoms with Gasteiger partial charge in [-0.3, -0.25) is 0 Å². The van der Waals surface area contributed by atoms with Crippen LogP contribution in [0.5, 0.6) is 0 Å². The highest BCUT2D eigenvalue weighted by molar-refractivity contribution is 5.80. The van der Waals surface area contributed by atoms with E-state index >= 15 is 0 Å². The molecule has 0 saturated carbocycles. The van der Waals surface area contributed by atoms with Gasteiger partial charge in [0, 0.05) is 14.1 Å². The first-order chi connectivity index (χ1) is 7.93. The average molecular weight is 242 g/mol. The van der Waals surface area contributed by atoms with Crippen LogP contribution in [-0.2, 0) is 4.74 Å². The quantitative estimate of drug-likeness (QED) is 0.319. The van der Waals surface area contributed by atoms with Crippen molar-refractivity contribution in [1.82, 2.24) is 4.90 Å². The molecule has 0 spiro atoms. The fourth-order valence-electron chi connectivity index (χ4n) is 1.09. The third-order valence-corrected chi connectivity index (χ3v) is 2.24. The number of rotatable bonds is 5. The lowest BCUT2D eigenvalue weighted by atomic mass is 10.2. The summed E-state index contributed by atoms with van der Waals surface area (Å²) in [4.78, 5) is 5.96. The predicted molar refractivity (Wildman–Crippen MR) is 70.6 cm³/mol. The molecule has 0 N–H and O–H groups in total. The molecule has 0 heterocycles. The molecule has 4 heteroatoms. The van der Waals surface area contributed by atoms with Gasteiger partial charge in [-0.1, -0.05) is 13.0 Å². The van der Waals surface area contributed by atoms with Crippen LogP contribution in [0.1, 0.15) is 34.1 Å². The Morgan fingerprint density at radius 1 is 1.29 bits per heavy atom. The molecule has 0 rings (SSSR count). The number of nitrogens with zero attached hydrogens (tertiary/aromatic N) is 2. The van der Waals surface area contributed by atoms with Crippen molar-refractivity contribution < 1.29 is 9.13 Å². The monoisotopic (exact) mass is 242 g/mol. The van der Waals surface area contributed by atoms with E-state index in [0.29, 0.717) is 18.0 Å². The zero-order valence-electron chi connectivity index (χ0n) is 11.7. The van der Waals surface area contributed by atoms with Gasteiger partial charge in [-0.05, 0) is 32.8 Å². The van der Waals surface area contributed by atoms with Gasteiger partial charge < -0.3 is 9.64 Å². The van der Waals surface area contributed by atoms with Crippen molar-refractivity contribution in [3.63, 3.8) is 0 Å². The zero-order chi connectivity index (χ0) is 13.4. The Kier molecular flexibility index (Phi) is 7.26. The Morgan fingerprint density at radius 3 is 2.29 bits per heavy atom. The minimum absolute atomic E-state index is 0.0564. The van der Waals surface area contributed by atoms with Gasteiger partial charge in [0.05, 0.1) is 6.61 Å². The van der Waals surface area contributed by atoms with Gasteiger partial charge in [0.15, 0.2) is 5.83 Å². The largest absolute Gasteiger partial charge is 0.476 e. The lowest BCUT2D eigenvalue weighted by Crippen LogP contribution is -2.18. The normalized spacial score (nSPS) is 14.5. The van der Waals surface area contributed by atoms with Crippen molar-refractivity contribution in [1.29, 1.82) is 0 Å². The second-order valence-corrected chi connectivity index (χ2v) is 3.90. The predicted octanol–water partition coefficient (Wildman–Crippen LogP) is 3.50. The third-order valence-electron chi connectivity index (χ3n) is 2.24. The standard InChI is InChI=1S/C13H23FN2O/c1-7-9-10(3)12(14)13(17-8-2)15-11(4)16(5)6/h9H,7-8H2,1-6H3/b10-9+,13-12-,15-11+. The van der Waals surface area contributed by atoms with E-state index < -0.39 is 5.83 Å². The molecule has 0 aromatic heterocycles. The van der Waals surface area contributed by atoms with Crippen LogP contribution >= 0.6 is 0 Å². The maximum Gasteiger partial charge on any atom is 0.252 e. The molecule has 0 aliphatic carbocycles. The van der Waals surface area contributed by atoms with Crippen molar-refractivity contribution in [2.24, 2.45) is 4.99 Å². The molecule has 0 aromatic carbocycles. The zero-order valence-corrected chi connectivity index (χ0v) is 11.7. The Labute approximate surface area is 104 Å². The van der Waals surface area contributed by atoms with Crippen LogP contribution in [0.15, 0.2) is 28.4 Å². The molecule has 0 saturated heterocycles. The molecular weight excluding hydrogens is 219 g/mol. The molecule has 17 heavy (non-hydrogen) atoms. The van der Waals surface area contributed by atoms with Crippen molar-refractivity contribution >= 4 is 5.84 Å². The highest BCUT2D eigenvalue weighted by Crippen LogP contribution is 2.19. The first-order valence-electron chi connectivity index (χ1n) is 5.86. The highest BCUT2D eigenvalue weighted by Gasteiger charge is 2.10. The SMILES string of the molecule is CC/C=C(C)/C(F)=C(\N=C(/C)N(C)C)OCC. The van der Waals surface area contributed by atoms with Crippen LogP contribution in [-0.4, -0.2) is 31.4 Å². The summed E-state index contributed by atoms with van der Waals surface area (Å²) >= 11 is 0. The maximum absolute atomic E-state index is 14.0. The van der Waals surface area contributed by atoms with E-state index in [4.69, 9.17) is 4.74 Å². The molecular formula is C13H23FN2O. The number of hydrogen-bond acceptors (Lipinski definition) is 2. The van der Waals surface area contributed by atoms with Crippen molar-refractivity contribution in [2.45, 2.75) is 34.1 Å². The topological polar surface area (TPSA) is 24.8 Å². The lowest BCUT2D eigenvalue weighted by molar-refractivity contribution is 0.215. The van der Waals surface area contributed by atoms with Crippen LogP contribution in [0.3, 0.4) is 0 Å². The van der Waals surface area contributed by atoms with Gasteiger partial charge in [0.2, 0.25) is 0 Å². The summed E-state index contributed by atoms with van der Waals surface area (Å²) in [5.74, 6) is 0.365. The Balaban J connectivity index is 5.27. The number of allylic oxidation sites excluding steroid dienone is 3. The van der Waals surface area contributed by atoms with E-state index in [0.717, 1.165) is 6.42 Å². The second kappa shape index (κ2) is 7.87. The third kappa shape index (κ3) is 5.52. The molecule has 0 unspecified atom stereocenters. The van der Waals surface area contributed by atoms with E-state index in [9.17, 15) is 4.39 Å². The van der Waals surface area contributed by atoms with E-state index in [2.05, 4.69) is 4.99 Å². The Morgan fingerprint density at radius 2 is 1.88 bits per heavy atom. The first kappa shape index (κ1) is 15.7. The van der Waals surface area contributed by atoms with Crippen LogP contribution in [0.25, 0.3) is 0 Å². The fourth-order valence-corrected chi connectivity index (χ4v) is 1.09. The van der Waals surface area contributed by atoms with Crippen molar-refractivity contribution in [2.75, 3.05) is 20.7 Å². The Hall–Kier alpha value is -1.32. The molecule has 0 amide bonds. The number of hydrogen-bond donors (Lipinski definition) is 0. The summed E-state index contributed by atoms with van der Waals surface area (Å²) in [5, 5.41) is 0. The molecule has 0 aliphatic rings. The maximum atomic E-state index is 14.0. The van der Waals surface area contributed by atoms with Gasteiger partial charge in [-0.15, -0.1) is 0 Å². The molecule has 0 bridgehead atoms. The molecule has 98 valence electrons. The molecule has 3 nitrogen and oxygen atoms in total. The van der Waals surface area contributed by atoms with Crippen LogP contribution < -0.4 is 0 Å². The van der Waals surface area contributed by atoms with Gasteiger partial charge in [0.1, 0.15) is 5.84 Å². The molecule has 0 fully saturated rings. The molecule has 0 atom stereocenters. The summed E-state index contributed by atoms with van der Waals surface area (Å²) in [5.41, 5.74) is 0.561. The van der Waals surface area contributed by atoms with Gasteiger partial charge in [-0.25, -0.2) is 4.39 Å². The van der Waals surface area contributed by atoms with Crippen molar-refractivity contribution in [3.05, 3.63) is 23.4 Å². The van der Waals surface area contributed by atoms with E-state index in [1.165, 1.54) is 0 Å². The minimum atomic E-state index is -0.394. The summed E-state index contributed by atoms with van der Waals surface area (Å²) in [6, 6.07) is 0. The number of halogens is 1. The van der Waals surface area contributed by atoms with Gasteiger partial charge in [0.25, 0.3) is 5.88 Å². The second-order valence-electron chi connectivity index (χ2n) is 3.90. The molecule has 0 aromatic rings. The number of ether oxygens (including phenoxy) is 1. The molecule has 0 radical (unpaired) electrons. The lowest BCUT2D eigenvalue weighted by Gasteiger charge is -2.13. The van der Waals surface area contributed by atoms with Crippen molar-refractivity contribution in [3.8, 4) is 0 Å². The summed E-state index contributed by atoms with van der Waals surface area (Å²) < 4.78 is 19.3. The van der Waals surface area contributed by atoms with Gasteiger partial charge >= 0.3 is 0 Å². The van der Waals surface area contributed by atoms with Gasteiger partial charge in [-0.2, -0.15) is 4.99 Å². The highest BCUT2D eigenvalue weighted by atomic mass is 19.1. The summed E-state index contributed by atoms with van der Waals surface area (Å²) in [7, 11) is 3.71. The smallest absolute Gasteiger partial charge is 0.252 e. The van der Waals surface area contributed by atoms with E-state index in [-0.39, 0.29) is 5.88 Å². The molecule has 0 aliphatic heterocycles. The van der Waals surface area contributed by atoms with E-state index in [1.807, 2.05) is 45.8 Å². The minimum Gasteiger partial charge on any atom is -0.476 e. The van der Waals surface area contributed by atoms with Crippen LogP contribution in [0, 0.1) is 0 Å². The summed E-state index contributed by atoms with van der Waals surface area (Å²) in [6.45, 7) is 7.70. The summed E-state index contributed by atoms with van der Waals surface area (Å²) in [6.07, 6.45) is 2.60. The first-order valence-corrected chi connectivity index (χ1v) is 5.86.